The fraction of sp³-hybridized carbons (Fsp3) is 0.600. The lowest BCUT2D eigenvalue weighted by molar-refractivity contribution is 0.0584. The third-order valence-electron chi connectivity index (χ3n) is 2.97. The topological polar surface area (TPSA) is 30.5 Å². The van der Waals surface area contributed by atoms with Gasteiger partial charge in [-0.3, -0.25) is 0 Å². The van der Waals surface area contributed by atoms with Crippen molar-refractivity contribution in [2.45, 2.75) is 26.3 Å². The zero-order chi connectivity index (χ0) is 14.1. The highest BCUT2D eigenvalue weighted by molar-refractivity contribution is 5.29. The SMILES string of the molecule is CCCNC(COCCOC)c1cc(F)ccc1C. The number of ether oxygens (including phenoxy) is 2. The van der Waals surface area contributed by atoms with E-state index in [2.05, 4.69) is 12.2 Å². The largest absolute Gasteiger partial charge is 0.382 e. The third kappa shape index (κ3) is 5.68. The molecule has 0 aliphatic rings. The van der Waals surface area contributed by atoms with E-state index >= 15 is 0 Å². The number of hydrogen-bond donors (Lipinski definition) is 1. The van der Waals surface area contributed by atoms with Crippen molar-refractivity contribution < 1.29 is 13.9 Å². The zero-order valence-corrected chi connectivity index (χ0v) is 12.0. The van der Waals surface area contributed by atoms with Crippen molar-refractivity contribution in [3.05, 3.63) is 35.1 Å². The summed E-state index contributed by atoms with van der Waals surface area (Å²) in [6.07, 6.45) is 1.03. The van der Waals surface area contributed by atoms with Crippen molar-refractivity contribution in [3.8, 4) is 0 Å². The Bertz CT molecular complexity index is 371. The van der Waals surface area contributed by atoms with E-state index in [1.54, 1.807) is 19.2 Å². The van der Waals surface area contributed by atoms with Gasteiger partial charge in [0.15, 0.2) is 0 Å². The molecule has 108 valence electrons. The second kappa shape index (κ2) is 9.02. The lowest BCUT2D eigenvalue weighted by Crippen LogP contribution is -2.27. The third-order valence-corrected chi connectivity index (χ3v) is 2.97. The maximum Gasteiger partial charge on any atom is 0.123 e. The first kappa shape index (κ1) is 16.1. The van der Waals surface area contributed by atoms with Crippen molar-refractivity contribution >= 4 is 0 Å². The molecule has 1 aromatic carbocycles. The summed E-state index contributed by atoms with van der Waals surface area (Å²) in [5, 5.41) is 3.40. The van der Waals surface area contributed by atoms with E-state index in [0.717, 1.165) is 24.1 Å². The summed E-state index contributed by atoms with van der Waals surface area (Å²) in [7, 11) is 1.65. The van der Waals surface area contributed by atoms with E-state index in [4.69, 9.17) is 9.47 Å². The minimum atomic E-state index is -0.208. The van der Waals surface area contributed by atoms with Crippen molar-refractivity contribution in [3.63, 3.8) is 0 Å². The fourth-order valence-electron chi connectivity index (χ4n) is 1.91. The Morgan fingerprint density at radius 2 is 2.11 bits per heavy atom. The number of aryl methyl sites for hydroxylation is 1. The molecule has 1 rings (SSSR count). The maximum absolute atomic E-state index is 13.4. The Kier molecular flexibility index (Phi) is 7.63. The quantitative estimate of drug-likeness (QED) is 0.699. The first-order valence-electron chi connectivity index (χ1n) is 6.75. The highest BCUT2D eigenvalue weighted by atomic mass is 19.1. The van der Waals surface area contributed by atoms with Gasteiger partial charge in [0.2, 0.25) is 0 Å². The molecule has 1 aromatic rings. The van der Waals surface area contributed by atoms with E-state index in [-0.39, 0.29) is 11.9 Å². The molecular weight excluding hydrogens is 245 g/mol. The Morgan fingerprint density at radius 3 is 2.79 bits per heavy atom. The molecule has 1 N–H and O–H groups in total. The Hall–Kier alpha value is -0.970. The second-order valence-electron chi connectivity index (χ2n) is 4.58. The number of rotatable bonds is 9. The maximum atomic E-state index is 13.4. The van der Waals surface area contributed by atoms with Crippen molar-refractivity contribution in [1.29, 1.82) is 0 Å². The van der Waals surface area contributed by atoms with E-state index in [9.17, 15) is 4.39 Å². The van der Waals surface area contributed by atoms with Crippen LogP contribution in [0.2, 0.25) is 0 Å². The summed E-state index contributed by atoms with van der Waals surface area (Å²) in [6.45, 7) is 6.62. The van der Waals surface area contributed by atoms with Gasteiger partial charge in [-0.15, -0.1) is 0 Å². The van der Waals surface area contributed by atoms with Gasteiger partial charge in [0.1, 0.15) is 5.82 Å². The molecule has 0 spiro atoms. The molecule has 1 atom stereocenters. The molecule has 4 heteroatoms. The van der Waals surface area contributed by atoms with Crippen molar-refractivity contribution in [1.82, 2.24) is 5.32 Å². The van der Waals surface area contributed by atoms with Gasteiger partial charge in [-0.25, -0.2) is 4.39 Å². The van der Waals surface area contributed by atoms with Crippen molar-refractivity contribution in [2.24, 2.45) is 0 Å². The predicted octanol–water partition coefficient (Wildman–Crippen LogP) is 2.84. The monoisotopic (exact) mass is 269 g/mol. The van der Waals surface area contributed by atoms with E-state index in [0.29, 0.717) is 19.8 Å². The molecule has 0 aliphatic carbocycles. The number of halogens is 1. The highest BCUT2D eigenvalue weighted by Crippen LogP contribution is 2.19. The second-order valence-corrected chi connectivity index (χ2v) is 4.58. The highest BCUT2D eigenvalue weighted by Gasteiger charge is 2.14. The molecule has 0 aliphatic heterocycles. The standard InChI is InChI=1S/C15H24FNO2/c1-4-7-17-15(11-19-9-8-18-3)14-10-13(16)6-5-12(14)2/h5-6,10,15,17H,4,7-9,11H2,1-3H3. The Morgan fingerprint density at radius 1 is 1.32 bits per heavy atom. The lowest BCUT2D eigenvalue weighted by atomic mass is 10.0. The molecule has 0 heterocycles. The molecule has 0 amide bonds. The number of benzene rings is 1. The van der Waals surface area contributed by atoms with E-state index < -0.39 is 0 Å². The number of methoxy groups -OCH3 is 1. The van der Waals surface area contributed by atoms with Crippen LogP contribution in [0.3, 0.4) is 0 Å². The summed E-state index contributed by atoms with van der Waals surface area (Å²) in [6, 6.07) is 4.90. The Labute approximate surface area is 115 Å². The summed E-state index contributed by atoms with van der Waals surface area (Å²) < 4.78 is 23.9. The van der Waals surface area contributed by atoms with Gasteiger partial charge < -0.3 is 14.8 Å². The van der Waals surface area contributed by atoms with Crippen LogP contribution in [0.1, 0.15) is 30.5 Å². The molecule has 3 nitrogen and oxygen atoms in total. The number of nitrogens with one attached hydrogen (secondary N) is 1. The Balaban J connectivity index is 2.68. The minimum absolute atomic E-state index is 0.0208. The van der Waals surface area contributed by atoms with Gasteiger partial charge in [0, 0.05) is 7.11 Å². The van der Waals surface area contributed by atoms with Crippen LogP contribution in [-0.2, 0) is 9.47 Å². The van der Waals surface area contributed by atoms with Crippen molar-refractivity contribution in [2.75, 3.05) is 33.5 Å². The minimum Gasteiger partial charge on any atom is -0.382 e. The predicted molar refractivity (Wildman–Crippen MR) is 74.9 cm³/mol. The van der Waals surface area contributed by atoms with Gasteiger partial charge in [-0.05, 0) is 43.1 Å². The van der Waals surface area contributed by atoms with Gasteiger partial charge in [-0.1, -0.05) is 13.0 Å². The molecule has 0 radical (unpaired) electrons. The molecular formula is C15H24FNO2. The summed E-state index contributed by atoms with van der Waals surface area (Å²) >= 11 is 0. The van der Waals surface area contributed by atoms with Crippen LogP contribution in [0.25, 0.3) is 0 Å². The van der Waals surface area contributed by atoms with Crippen LogP contribution in [0, 0.1) is 12.7 Å². The average Bonchev–Trinajstić information content (AvgIpc) is 2.41. The molecule has 19 heavy (non-hydrogen) atoms. The lowest BCUT2D eigenvalue weighted by Gasteiger charge is -2.21. The summed E-state index contributed by atoms with van der Waals surface area (Å²) in [4.78, 5) is 0. The fourth-order valence-corrected chi connectivity index (χ4v) is 1.91. The molecule has 0 saturated heterocycles. The van der Waals surface area contributed by atoms with E-state index in [1.165, 1.54) is 6.07 Å². The number of hydrogen-bond acceptors (Lipinski definition) is 3. The normalized spacial score (nSPS) is 12.6. The molecule has 0 saturated carbocycles. The van der Waals surface area contributed by atoms with Crippen LogP contribution in [-0.4, -0.2) is 33.5 Å². The van der Waals surface area contributed by atoms with E-state index in [1.807, 2.05) is 6.92 Å². The molecule has 0 bridgehead atoms. The van der Waals surface area contributed by atoms with Gasteiger partial charge in [-0.2, -0.15) is 0 Å². The van der Waals surface area contributed by atoms with Crippen LogP contribution >= 0.6 is 0 Å². The van der Waals surface area contributed by atoms with Crippen LogP contribution in [0.4, 0.5) is 4.39 Å². The zero-order valence-electron chi connectivity index (χ0n) is 12.0. The van der Waals surface area contributed by atoms with Gasteiger partial charge >= 0.3 is 0 Å². The molecule has 0 aromatic heterocycles. The van der Waals surface area contributed by atoms with Gasteiger partial charge in [0.05, 0.1) is 25.9 Å². The van der Waals surface area contributed by atoms with Crippen LogP contribution in [0.15, 0.2) is 18.2 Å². The summed E-state index contributed by atoms with van der Waals surface area (Å²) in [5.41, 5.74) is 2.04. The van der Waals surface area contributed by atoms with Crippen LogP contribution < -0.4 is 5.32 Å². The first-order chi connectivity index (χ1) is 9.19. The molecule has 1 unspecified atom stereocenters. The summed E-state index contributed by atoms with van der Waals surface area (Å²) in [5.74, 6) is -0.208. The smallest absolute Gasteiger partial charge is 0.123 e. The first-order valence-corrected chi connectivity index (χ1v) is 6.75. The molecule has 0 fully saturated rings. The average molecular weight is 269 g/mol. The van der Waals surface area contributed by atoms with Crippen LogP contribution in [0.5, 0.6) is 0 Å². The van der Waals surface area contributed by atoms with Gasteiger partial charge in [0.25, 0.3) is 0 Å².